The van der Waals surface area contributed by atoms with E-state index >= 15 is 0 Å². The molecule has 4 aromatic rings. The van der Waals surface area contributed by atoms with Crippen LogP contribution in [0.4, 0.5) is 11.9 Å². The van der Waals surface area contributed by atoms with Gasteiger partial charge in [0.2, 0.25) is 17.8 Å². The number of aromatic amines is 3. The molecule has 12 heteroatoms. The predicted molar refractivity (Wildman–Crippen MR) is 87.0 cm³/mol. The third-order valence-electron chi connectivity index (χ3n) is 3.01. The molecule has 0 aliphatic carbocycles. The van der Waals surface area contributed by atoms with Gasteiger partial charge in [-0.15, -0.1) is 0 Å². The van der Waals surface area contributed by atoms with Crippen LogP contribution in [0.25, 0.3) is 22.3 Å². The fourth-order valence-corrected chi connectivity index (χ4v) is 1.90. The minimum absolute atomic E-state index is 0.120. The van der Waals surface area contributed by atoms with Crippen molar-refractivity contribution in [2.45, 2.75) is 0 Å². The van der Waals surface area contributed by atoms with Crippen LogP contribution in [-0.2, 0) is 0 Å². The molecule has 0 fully saturated rings. The molecule has 12 nitrogen and oxygen atoms in total. The molecule has 0 bridgehead atoms. The van der Waals surface area contributed by atoms with Crippen LogP contribution < -0.4 is 16.2 Å². The van der Waals surface area contributed by atoms with Gasteiger partial charge in [0, 0.05) is 14.1 Å². The van der Waals surface area contributed by atoms with Crippen molar-refractivity contribution >= 4 is 34.2 Å². The summed E-state index contributed by atoms with van der Waals surface area (Å²) in [6.07, 6.45) is 2.89. The molecule has 4 heterocycles. The Balaban J connectivity index is 0.000000141. The highest BCUT2D eigenvalue weighted by Gasteiger charge is 2.06. The predicted octanol–water partition coefficient (Wildman–Crippen LogP) is -0.212. The van der Waals surface area contributed by atoms with E-state index < -0.39 is 0 Å². The zero-order valence-corrected chi connectivity index (χ0v) is 12.7. The van der Waals surface area contributed by atoms with E-state index in [0.717, 1.165) is 0 Å². The summed E-state index contributed by atoms with van der Waals surface area (Å²) in [7, 11) is 3.36. The molecule has 0 aliphatic rings. The van der Waals surface area contributed by atoms with Gasteiger partial charge in [-0.05, 0) is 0 Å². The number of anilines is 2. The van der Waals surface area contributed by atoms with Gasteiger partial charge in [-0.2, -0.15) is 15.0 Å². The summed E-state index contributed by atoms with van der Waals surface area (Å²) in [6, 6.07) is 0. The number of aromatic hydroxyl groups is 1. The topological polar surface area (TPSA) is 173 Å². The van der Waals surface area contributed by atoms with E-state index in [0.29, 0.717) is 34.2 Å². The third kappa shape index (κ3) is 2.79. The molecule has 0 unspecified atom stereocenters. The maximum Gasteiger partial charge on any atom is 0.280 e. The minimum Gasteiger partial charge on any atom is -0.492 e. The van der Waals surface area contributed by atoms with E-state index in [1.165, 1.54) is 12.7 Å². The third-order valence-corrected chi connectivity index (χ3v) is 3.01. The summed E-state index contributed by atoms with van der Waals surface area (Å²) in [5.41, 5.74) is 1.48. The van der Waals surface area contributed by atoms with Gasteiger partial charge in [-0.3, -0.25) is 9.78 Å². The number of imidazole rings is 2. The molecule has 0 radical (unpaired) electrons. The Hall–Kier alpha value is -3.70. The Bertz CT molecular complexity index is 1030. The van der Waals surface area contributed by atoms with Crippen LogP contribution in [0, 0.1) is 0 Å². The zero-order valence-electron chi connectivity index (χ0n) is 12.7. The van der Waals surface area contributed by atoms with Crippen molar-refractivity contribution in [1.82, 2.24) is 39.9 Å². The van der Waals surface area contributed by atoms with Gasteiger partial charge in [-0.25, -0.2) is 9.97 Å². The van der Waals surface area contributed by atoms with Crippen molar-refractivity contribution in [3.63, 3.8) is 0 Å². The SMILES string of the molecule is CNc1nc(O)c2nc[nH]c2n1.CNc1nc2[nH]cnc2c(=O)[nH]1. The van der Waals surface area contributed by atoms with Crippen molar-refractivity contribution < 1.29 is 5.11 Å². The van der Waals surface area contributed by atoms with E-state index in [4.69, 9.17) is 0 Å². The molecule has 124 valence electrons. The Labute approximate surface area is 133 Å². The molecule has 4 aromatic heterocycles. The van der Waals surface area contributed by atoms with Gasteiger partial charge >= 0.3 is 0 Å². The highest BCUT2D eigenvalue weighted by Crippen LogP contribution is 2.18. The highest BCUT2D eigenvalue weighted by molar-refractivity contribution is 5.76. The molecule has 0 spiro atoms. The maximum absolute atomic E-state index is 11.2. The fraction of sp³-hybridized carbons (Fsp3) is 0.167. The van der Waals surface area contributed by atoms with Gasteiger partial charge in [0.05, 0.1) is 12.7 Å². The second-order valence-electron chi connectivity index (χ2n) is 4.48. The number of H-pyrrole nitrogens is 3. The molecule has 0 amide bonds. The number of aromatic nitrogens is 8. The first-order valence-corrected chi connectivity index (χ1v) is 6.81. The van der Waals surface area contributed by atoms with Crippen molar-refractivity contribution in [2.24, 2.45) is 0 Å². The Morgan fingerprint density at radius 3 is 2.29 bits per heavy atom. The van der Waals surface area contributed by atoms with E-state index in [1.807, 2.05) is 0 Å². The maximum atomic E-state index is 11.2. The van der Waals surface area contributed by atoms with Crippen LogP contribution in [0.15, 0.2) is 17.4 Å². The van der Waals surface area contributed by atoms with E-state index in [9.17, 15) is 9.90 Å². The smallest absolute Gasteiger partial charge is 0.280 e. The highest BCUT2D eigenvalue weighted by atomic mass is 16.3. The summed E-state index contributed by atoms with van der Waals surface area (Å²) in [6.45, 7) is 0. The molecule has 4 rings (SSSR count). The molecular weight excluding hydrogens is 316 g/mol. The summed E-state index contributed by atoms with van der Waals surface area (Å²) >= 11 is 0. The normalized spacial score (nSPS) is 10.4. The van der Waals surface area contributed by atoms with Gasteiger partial charge < -0.3 is 25.7 Å². The van der Waals surface area contributed by atoms with E-state index in [2.05, 4.69) is 50.5 Å². The summed E-state index contributed by atoms with van der Waals surface area (Å²) in [5.74, 6) is 0.673. The number of nitrogens with one attached hydrogen (secondary N) is 5. The molecule has 0 aliphatic heterocycles. The first kappa shape index (κ1) is 15.2. The number of hydrogen-bond acceptors (Lipinski definition) is 9. The van der Waals surface area contributed by atoms with Gasteiger partial charge in [0.1, 0.15) is 0 Å². The minimum atomic E-state index is -0.245. The lowest BCUT2D eigenvalue weighted by Gasteiger charge is -1.97. The lowest BCUT2D eigenvalue weighted by Crippen LogP contribution is -2.11. The Morgan fingerprint density at radius 1 is 0.958 bits per heavy atom. The second-order valence-corrected chi connectivity index (χ2v) is 4.48. The number of nitrogens with zero attached hydrogens (tertiary/aromatic N) is 5. The van der Waals surface area contributed by atoms with Crippen molar-refractivity contribution in [2.75, 3.05) is 24.7 Å². The summed E-state index contributed by atoms with van der Waals surface area (Å²) in [4.78, 5) is 38.7. The molecule has 0 atom stereocenters. The largest absolute Gasteiger partial charge is 0.492 e. The number of hydrogen-bond donors (Lipinski definition) is 6. The van der Waals surface area contributed by atoms with Crippen LogP contribution in [0.5, 0.6) is 5.88 Å². The van der Waals surface area contributed by atoms with Gasteiger partial charge in [0.15, 0.2) is 22.3 Å². The fourth-order valence-electron chi connectivity index (χ4n) is 1.90. The van der Waals surface area contributed by atoms with Gasteiger partial charge in [-0.1, -0.05) is 0 Å². The van der Waals surface area contributed by atoms with Crippen LogP contribution in [-0.4, -0.2) is 59.1 Å². The molecule has 0 saturated heterocycles. The average Bonchev–Trinajstić information content (AvgIpc) is 3.24. The second kappa shape index (κ2) is 6.20. The molecule has 24 heavy (non-hydrogen) atoms. The number of rotatable bonds is 2. The van der Waals surface area contributed by atoms with Crippen LogP contribution in [0.1, 0.15) is 0 Å². The number of fused-ring (bicyclic) bond motifs is 2. The quantitative estimate of drug-likeness (QED) is 0.290. The first-order chi connectivity index (χ1) is 11.6. The van der Waals surface area contributed by atoms with Crippen molar-refractivity contribution in [3.8, 4) is 5.88 Å². The zero-order chi connectivity index (χ0) is 17.1. The summed E-state index contributed by atoms with van der Waals surface area (Å²) in [5, 5.41) is 14.8. The lowest BCUT2D eigenvalue weighted by molar-refractivity contribution is 0.459. The van der Waals surface area contributed by atoms with Gasteiger partial charge in [0.25, 0.3) is 5.56 Å². The Morgan fingerprint density at radius 2 is 1.62 bits per heavy atom. The van der Waals surface area contributed by atoms with E-state index in [-0.39, 0.29) is 11.4 Å². The van der Waals surface area contributed by atoms with E-state index in [1.54, 1.807) is 14.1 Å². The van der Waals surface area contributed by atoms with Crippen molar-refractivity contribution in [1.29, 1.82) is 0 Å². The lowest BCUT2D eigenvalue weighted by atomic mass is 10.5. The Kier molecular flexibility index (Phi) is 3.93. The molecule has 0 aromatic carbocycles. The monoisotopic (exact) mass is 330 g/mol. The average molecular weight is 330 g/mol. The van der Waals surface area contributed by atoms with Crippen molar-refractivity contribution in [3.05, 3.63) is 23.0 Å². The molecule has 6 N–H and O–H groups in total. The molecular formula is C12H14N10O2. The first-order valence-electron chi connectivity index (χ1n) is 6.81. The molecule has 0 saturated carbocycles. The summed E-state index contributed by atoms with van der Waals surface area (Å²) < 4.78 is 0. The van der Waals surface area contributed by atoms with Crippen LogP contribution in [0.2, 0.25) is 0 Å². The van der Waals surface area contributed by atoms with Crippen LogP contribution >= 0.6 is 0 Å². The standard InChI is InChI=1S/2C6H7N5O/c2*1-7-6-10-4-3(5(12)11-6)8-2-9-4/h2*2H,1H3,(H3,7,8,9,10,11,12). The van der Waals surface area contributed by atoms with Crippen LogP contribution in [0.3, 0.4) is 0 Å².